The van der Waals surface area contributed by atoms with Gasteiger partial charge >= 0.3 is 0 Å². The van der Waals surface area contributed by atoms with Crippen LogP contribution >= 0.6 is 11.8 Å². The van der Waals surface area contributed by atoms with E-state index >= 15 is 0 Å². The summed E-state index contributed by atoms with van der Waals surface area (Å²) in [6.07, 6.45) is 1.93. The normalized spacial score (nSPS) is 14.3. The van der Waals surface area contributed by atoms with Crippen LogP contribution in [-0.4, -0.2) is 40.7 Å². The Morgan fingerprint density at radius 1 is 1.50 bits per heavy atom. The molecule has 3 N–H and O–H groups in total. The number of thioether (sulfide) groups is 1. The summed E-state index contributed by atoms with van der Waals surface area (Å²) in [6, 6.07) is 0. The molecule has 6 heteroatoms. The Bertz CT molecular complexity index is 444. The molecule has 1 aromatic heterocycles. The van der Waals surface area contributed by atoms with Gasteiger partial charge < -0.3 is 10.6 Å². The van der Waals surface area contributed by atoms with Gasteiger partial charge in [-0.05, 0) is 23.8 Å². The van der Waals surface area contributed by atoms with Gasteiger partial charge in [-0.3, -0.25) is 9.89 Å². The maximum Gasteiger partial charge on any atom is 0.272 e. The standard InChI is InChI=1S/C14H24N4OS/c1-10(2)9-20-7-3-5-16-14(19)13-11-8-15-6-4-12(11)17-18-13/h10,15H,3-9H2,1-2H3,(H,16,19)(H,17,18). The van der Waals surface area contributed by atoms with Crippen LogP contribution in [0.4, 0.5) is 0 Å². The van der Waals surface area contributed by atoms with Crippen molar-refractivity contribution in [2.75, 3.05) is 24.6 Å². The lowest BCUT2D eigenvalue weighted by molar-refractivity contribution is 0.0947. The number of aromatic nitrogens is 2. The highest BCUT2D eigenvalue weighted by atomic mass is 32.2. The molecule has 0 radical (unpaired) electrons. The highest BCUT2D eigenvalue weighted by Gasteiger charge is 2.20. The zero-order valence-electron chi connectivity index (χ0n) is 12.3. The second-order valence-corrected chi connectivity index (χ2v) is 6.68. The van der Waals surface area contributed by atoms with Crippen molar-refractivity contribution in [3.8, 4) is 0 Å². The van der Waals surface area contributed by atoms with Gasteiger partial charge in [0.05, 0.1) is 0 Å². The summed E-state index contributed by atoms with van der Waals surface area (Å²) >= 11 is 1.95. The van der Waals surface area contributed by atoms with E-state index in [0.717, 1.165) is 55.4 Å². The van der Waals surface area contributed by atoms with Crippen LogP contribution in [0.2, 0.25) is 0 Å². The quantitative estimate of drug-likeness (QED) is 0.668. The number of carbonyl (C=O) groups excluding carboxylic acids is 1. The van der Waals surface area contributed by atoms with Crippen LogP contribution in [0.25, 0.3) is 0 Å². The summed E-state index contributed by atoms with van der Waals surface area (Å²) in [5.41, 5.74) is 2.69. The van der Waals surface area contributed by atoms with E-state index in [-0.39, 0.29) is 5.91 Å². The third kappa shape index (κ3) is 4.24. The third-order valence-electron chi connectivity index (χ3n) is 3.22. The lowest BCUT2D eigenvalue weighted by atomic mass is 10.1. The van der Waals surface area contributed by atoms with Crippen LogP contribution in [0.1, 0.15) is 42.0 Å². The Morgan fingerprint density at radius 3 is 3.15 bits per heavy atom. The molecule has 20 heavy (non-hydrogen) atoms. The molecule has 0 fully saturated rings. The fraction of sp³-hybridized carbons (Fsp3) is 0.714. The highest BCUT2D eigenvalue weighted by Crippen LogP contribution is 2.15. The van der Waals surface area contributed by atoms with Crippen molar-refractivity contribution in [2.24, 2.45) is 5.92 Å². The molecule has 0 bridgehead atoms. The van der Waals surface area contributed by atoms with Crippen LogP contribution in [0.5, 0.6) is 0 Å². The Morgan fingerprint density at radius 2 is 2.35 bits per heavy atom. The molecule has 1 aromatic rings. The van der Waals surface area contributed by atoms with E-state index in [1.54, 1.807) is 0 Å². The molecule has 2 rings (SSSR count). The number of nitrogens with zero attached hydrogens (tertiary/aromatic N) is 1. The molecule has 2 heterocycles. The van der Waals surface area contributed by atoms with Crippen molar-refractivity contribution in [2.45, 2.75) is 33.2 Å². The van der Waals surface area contributed by atoms with Crippen molar-refractivity contribution in [1.29, 1.82) is 0 Å². The minimum Gasteiger partial charge on any atom is -0.351 e. The second-order valence-electron chi connectivity index (χ2n) is 5.53. The molecular formula is C14H24N4OS. The molecule has 0 saturated carbocycles. The number of fused-ring (bicyclic) bond motifs is 1. The van der Waals surface area contributed by atoms with Crippen molar-refractivity contribution in [3.05, 3.63) is 17.0 Å². The number of rotatable bonds is 7. The number of aromatic amines is 1. The summed E-state index contributed by atoms with van der Waals surface area (Å²) in [5.74, 6) is 2.96. The van der Waals surface area contributed by atoms with Crippen molar-refractivity contribution in [3.63, 3.8) is 0 Å². The van der Waals surface area contributed by atoms with Gasteiger partial charge in [0, 0.05) is 37.3 Å². The number of amides is 1. The van der Waals surface area contributed by atoms with Crippen molar-refractivity contribution >= 4 is 17.7 Å². The number of hydrogen-bond donors (Lipinski definition) is 3. The minimum atomic E-state index is -0.0555. The summed E-state index contributed by atoms with van der Waals surface area (Å²) in [7, 11) is 0. The van der Waals surface area contributed by atoms with Crippen molar-refractivity contribution in [1.82, 2.24) is 20.8 Å². The van der Waals surface area contributed by atoms with E-state index in [1.807, 2.05) is 11.8 Å². The topological polar surface area (TPSA) is 69.8 Å². The molecule has 0 saturated heterocycles. The van der Waals surface area contributed by atoms with Crippen molar-refractivity contribution < 1.29 is 4.79 Å². The summed E-state index contributed by atoms with van der Waals surface area (Å²) < 4.78 is 0. The Hall–Kier alpha value is -1.01. The van der Waals surface area contributed by atoms with Crippen LogP contribution in [-0.2, 0) is 13.0 Å². The molecule has 1 aliphatic heterocycles. The summed E-state index contributed by atoms with van der Waals surface area (Å²) in [5, 5.41) is 13.4. The molecule has 1 amide bonds. The van der Waals surface area contributed by atoms with E-state index in [9.17, 15) is 4.79 Å². The molecule has 0 aromatic carbocycles. The monoisotopic (exact) mass is 296 g/mol. The SMILES string of the molecule is CC(C)CSCCCNC(=O)c1n[nH]c2c1CNCC2. The minimum absolute atomic E-state index is 0.0555. The number of H-pyrrole nitrogens is 1. The smallest absolute Gasteiger partial charge is 0.272 e. The predicted molar refractivity (Wildman–Crippen MR) is 83.1 cm³/mol. The summed E-state index contributed by atoms with van der Waals surface area (Å²) in [4.78, 5) is 12.1. The summed E-state index contributed by atoms with van der Waals surface area (Å²) in [6.45, 7) is 6.86. The molecule has 5 nitrogen and oxygen atoms in total. The maximum atomic E-state index is 12.1. The largest absolute Gasteiger partial charge is 0.351 e. The zero-order valence-corrected chi connectivity index (χ0v) is 13.1. The van der Waals surface area contributed by atoms with Crippen LogP contribution in [0.3, 0.4) is 0 Å². The van der Waals surface area contributed by atoms with Gasteiger partial charge in [0.25, 0.3) is 5.91 Å². The van der Waals surface area contributed by atoms with Gasteiger partial charge in [-0.2, -0.15) is 16.9 Å². The van der Waals surface area contributed by atoms with Crippen LogP contribution < -0.4 is 10.6 Å². The lowest BCUT2D eigenvalue weighted by Crippen LogP contribution is -2.29. The Balaban J connectivity index is 1.71. The lowest BCUT2D eigenvalue weighted by Gasteiger charge is -2.12. The molecule has 0 spiro atoms. The van der Waals surface area contributed by atoms with Gasteiger partial charge in [0.15, 0.2) is 5.69 Å². The zero-order chi connectivity index (χ0) is 14.4. The molecular weight excluding hydrogens is 272 g/mol. The van der Waals surface area contributed by atoms with Gasteiger partial charge in [-0.25, -0.2) is 0 Å². The fourth-order valence-corrected chi connectivity index (χ4v) is 3.18. The Kier molecular flexibility index (Phi) is 5.91. The molecule has 0 unspecified atom stereocenters. The van der Waals surface area contributed by atoms with E-state index in [4.69, 9.17) is 0 Å². The first-order valence-corrected chi connectivity index (χ1v) is 8.46. The number of hydrogen-bond acceptors (Lipinski definition) is 4. The molecule has 112 valence electrons. The van der Waals surface area contributed by atoms with Gasteiger partial charge in [0.2, 0.25) is 0 Å². The average Bonchev–Trinajstić information content (AvgIpc) is 2.86. The second kappa shape index (κ2) is 7.69. The first-order valence-electron chi connectivity index (χ1n) is 7.31. The van der Waals surface area contributed by atoms with E-state index in [1.165, 1.54) is 5.75 Å². The van der Waals surface area contributed by atoms with Gasteiger partial charge in [0.1, 0.15) is 0 Å². The van der Waals surface area contributed by atoms with Gasteiger partial charge in [-0.1, -0.05) is 13.8 Å². The first kappa shape index (κ1) is 15.4. The van der Waals surface area contributed by atoms with Gasteiger partial charge in [-0.15, -0.1) is 0 Å². The van der Waals surface area contributed by atoms with E-state index < -0.39 is 0 Å². The van der Waals surface area contributed by atoms with Crippen LogP contribution in [0, 0.1) is 5.92 Å². The number of nitrogens with one attached hydrogen (secondary N) is 3. The van der Waals surface area contributed by atoms with E-state index in [2.05, 4.69) is 34.7 Å². The van der Waals surface area contributed by atoms with E-state index in [0.29, 0.717) is 5.69 Å². The molecule has 0 atom stereocenters. The fourth-order valence-electron chi connectivity index (χ4n) is 2.19. The van der Waals surface area contributed by atoms with Crippen LogP contribution in [0.15, 0.2) is 0 Å². The third-order valence-corrected chi connectivity index (χ3v) is 4.70. The maximum absolute atomic E-state index is 12.1. The Labute approximate surface area is 124 Å². The first-order chi connectivity index (χ1) is 9.68. The number of carbonyl (C=O) groups is 1. The average molecular weight is 296 g/mol. The molecule has 0 aliphatic carbocycles. The predicted octanol–water partition coefficient (Wildman–Crippen LogP) is 1.56. The highest BCUT2D eigenvalue weighted by molar-refractivity contribution is 7.99. The molecule has 1 aliphatic rings.